The zero-order chi connectivity index (χ0) is 15.7. The van der Waals surface area contributed by atoms with Gasteiger partial charge in [-0.3, -0.25) is 9.59 Å². The molecule has 1 aliphatic rings. The minimum atomic E-state index is -0.0667. The fourth-order valence-corrected chi connectivity index (χ4v) is 2.70. The van der Waals surface area contributed by atoms with Crippen LogP contribution in [0.5, 0.6) is 0 Å². The van der Waals surface area contributed by atoms with Crippen LogP contribution < -0.4 is 0 Å². The maximum atomic E-state index is 12.6. The molecule has 0 amide bonds. The molecule has 0 spiro atoms. The fourth-order valence-electron chi connectivity index (χ4n) is 2.70. The van der Waals surface area contributed by atoms with Crippen molar-refractivity contribution >= 4 is 17.6 Å². The molecule has 0 aliphatic heterocycles. The highest BCUT2D eigenvalue weighted by atomic mass is 16.1. The van der Waals surface area contributed by atoms with Gasteiger partial charge in [-0.1, -0.05) is 56.3 Å². The number of hydrogen-bond donors (Lipinski definition) is 0. The Morgan fingerprint density at radius 1 is 0.864 bits per heavy atom. The standard InChI is InChI=1S/C20H18O2/c1-13(2)6-5-7-14-10-11-17-18(12-14)20(22)16-9-4-3-8-15(16)19(17)21/h3-5,7-13H,6H2,1-2H3/b7-5+. The van der Waals surface area contributed by atoms with E-state index in [0.717, 1.165) is 12.0 Å². The van der Waals surface area contributed by atoms with E-state index in [9.17, 15) is 9.59 Å². The molecule has 3 rings (SSSR count). The molecule has 0 atom stereocenters. The van der Waals surface area contributed by atoms with Gasteiger partial charge in [0.1, 0.15) is 0 Å². The van der Waals surface area contributed by atoms with Gasteiger partial charge in [-0.15, -0.1) is 0 Å². The summed E-state index contributed by atoms with van der Waals surface area (Å²) in [4.78, 5) is 25.1. The van der Waals surface area contributed by atoms with Crippen molar-refractivity contribution in [2.75, 3.05) is 0 Å². The summed E-state index contributed by atoms with van der Waals surface area (Å²) >= 11 is 0. The first-order valence-electron chi connectivity index (χ1n) is 7.57. The first-order chi connectivity index (χ1) is 10.6. The van der Waals surface area contributed by atoms with Crippen LogP contribution in [0.3, 0.4) is 0 Å². The molecular weight excluding hydrogens is 272 g/mol. The Balaban J connectivity index is 2.01. The Morgan fingerprint density at radius 3 is 2.09 bits per heavy atom. The van der Waals surface area contributed by atoms with Crippen molar-refractivity contribution in [1.82, 2.24) is 0 Å². The Bertz CT molecular complexity index is 782. The Hall–Kier alpha value is -2.48. The smallest absolute Gasteiger partial charge is 0.194 e. The van der Waals surface area contributed by atoms with E-state index in [2.05, 4.69) is 19.9 Å². The zero-order valence-electron chi connectivity index (χ0n) is 12.8. The van der Waals surface area contributed by atoms with Gasteiger partial charge in [0.2, 0.25) is 0 Å². The first kappa shape index (κ1) is 14.5. The monoisotopic (exact) mass is 290 g/mol. The Kier molecular flexibility index (Phi) is 3.76. The molecule has 0 radical (unpaired) electrons. The largest absolute Gasteiger partial charge is 0.289 e. The number of allylic oxidation sites excluding steroid dienone is 1. The maximum Gasteiger partial charge on any atom is 0.194 e. The number of hydrogen-bond acceptors (Lipinski definition) is 2. The topological polar surface area (TPSA) is 34.1 Å². The summed E-state index contributed by atoms with van der Waals surface area (Å²) in [6.07, 6.45) is 5.11. The average molecular weight is 290 g/mol. The lowest BCUT2D eigenvalue weighted by molar-refractivity contribution is 0.0979. The number of ketones is 2. The summed E-state index contributed by atoms with van der Waals surface area (Å²) in [5.74, 6) is 0.469. The lowest BCUT2D eigenvalue weighted by Gasteiger charge is -2.17. The van der Waals surface area contributed by atoms with Gasteiger partial charge < -0.3 is 0 Å². The summed E-state index contributed by atoms with van der Waals surface area (Å²) in [5.41, 5.74) is 2.98. The highest BCUT2D eigenvalue weighted by molar-refractivity contribution is 6.28. The normalized spacial score (nSPS) is 13.6. The van der Waals surface area contributed by atoms with Gasteiger partial charge in [-0.25, -0.2) is 0 Å². The van der Waals surface area contributed by atoms with E-state index in [4.69, 9.17) is 0 Å². The highest BCUT2D eigenvalue weighted by Crippen LogP contribution is 2.28. The minimum Gasteiger partial charge on any atom is -0.289 e. The molecule has 2 heteroatoms. The Morgan fingerprint density at radius 2 is 1.45 bits per heavy atom. The first-order valence-corrected chi connectivity index (χ1v) is 7.57. The van der Waals surface area contributed by atoms with Crippen LogP contribution in [0.1, 0.15) is 57.7 Å². The third-order valence-electron chi connectivity index (χ3n) is 3.87. The third kappa shape index (κ3) is 2.52. The maximum absolute atomic E-state index is 12.6. The summed E-state index contributed by atoms with van der Waals surface area (Å²) in [7, 11) is 0. The molecule has 0 N–H and O–H groups in total. The van der Waals surface area contributed by atoms with Crippen molar-refractivity contribution in [1.29, 1.82) is 0 Å². The molecule has 2 aromatic rings. The van der Waals surface area contributed by atoms with Crippen molar-refractivity contribution in [3.05, 3.63) is 76.4 Å². The van der Waals surface area contributed by atoms with Crippen LogP contribution in [0.15, 0.2) is 48.5 Å². The van der Waals surface area contributed by atoms with Crippen LogP contribution >= 0.6 is 0 Å². The molecule has 0 saturated carbocycles. The van der Waals surface area contributed by atoms with E-state index in [1.54, 1.807) is 30.3 Å². The zero-order valence-corrected chi connectivity index (χ0v) is 12.8. The molecule has 22 heavy (non-hydrogen) atoms. The van der Waals surface area contributed by atoms with E-state index < -0.39 is 0 Å². The summed E-state index contributed by atoms with van der Waals surface area (Å²) < 4.78 is 0. The van der Waals surface area contributed by atoms with Gasteiger partial charge in [-0.2, -0.15) is 0 Å². The minimum absolute atomic E-state index is 0.0655. The van der Waals surface area contributed by atoms with E-state index in [1.165, 1.54) is 0 Å². The van der Waals surface area contributed by atoms with Crippen LogP contribution in [0.25, 0.3) is 6.08 Å². The number of rotatable bonds is 3. The van der Waals surface area contributed by atoms with Crippen molar-refractivity contribution in [3.63, 3.8) is 0 Å². The predicted octanol–water partition coefficient (Wildman–Crippen LogP) is 4.52. The SMILES string of the molecule is CC(C)C/C=C/c1ccc2c(c1)C(=O)c1ccccc1C2=O. The van der Waals surface area contributed by atoms with E-state index in [0.29, 0.717) is 28.2 Å². The molecule has 0 bridgehead atoms. The van der Waals surface area contributed by atoms with E-state index in [1.807, 2.05) is 18.2 Å². The van der Waals surface area contributed by atoms with Crippen molar-refractivity contribution < 1.29 is 9.59 Å². The van der Waals surface area contributed by atoms with Crippen LogP contribution in [-0.2, 0) is 0 Å². The summed E-state index contributed by atoms with van der Waals surface area (Å²) in [6, 6.07) is 12.5. The quantitative estimate of drug-likeness (QED) is 0.710. The molecule has 110 valence electrons. The van der Waals surface area contributed by atoms with Gasteiger partial charge in [0.05, 0.1) is 0 Å². The van der Waals surface area contributed by atoms with Gasteiger partial charge in [0.25, 0.3) is 0 Å². The van der Waals surface area contributed by atoms with Crippen LogP contribution in [0.4, 0.5) is 0 Å². The van der Waals surface area contributed by atoms with Crippen LogP contribution in [-0.4, -0.2) is 11.6 Å². The van der Waals surface area contributed by atoms with Gasteiger partial charge in [-0.05, 0) is 30.0 Å². The molecule has 0 heterocycles. The second-order valence-electron chi connectivity index (χ2n) is 6.04. The van der Waals surface area contributed by atoms with Crippen LogP contribution in [0, 0.1) is 5.92 Å². The molecule has 0 unspecified atom stereocenters. The molecule has 2 aromatic carbocycles. The summed E-state index contributed by atoms with van der Waals surface area (Å²) in [6.45, 7) is 4.33. The molecule has 0 aromatic heterocycles. The number of carbonyl (C=O) groups is 2. The lowest BCUT2D eigenvalue weighted by Crippen LogP contribution is -2.20. The number of carbonyl (C=O) groups excluding carboxylic acids is 2. The second kappa shape index (κ2) is 5.72. The molecule has 1 aliphatic carbocycles. The lowest BCUT2D eigenvalue weighted by atomic mass is 9.83. The number of fused-ring (bicyclic) bond motifs is 2. The van der Waals surface area contributed by atoms with Crippen LogP contribution in [0.2, 0.25) is 0 Å². The number of benzene rings is 2. The van der Waals surface area contributed by atoms with Crippen molar-refractivity contribution in [3.8, 4) is 0 Å². The van der Waals surface area contributed by atoms with Crippen molar-refractivity contribution in [2.45, 2.75) is 20.3 Å². The van der Waals surface area contributed by atoms with E-state index >= 15 is 0 Å². The second-order valence-corrected chi connectivity index (χ2v) is 6.04. The third-order valence-corrected chi connectivity index (χ3v) is 3.87. The molecular formula is C20H18O2. The fraction of sp³-hybridized carbons (Fsp3) is 0.200. The van der Waals surface area contributed by atoms with Crippen molar-refractivity contribution in [2.24, 2.45) is 5.92 Å². The highest BCUT2D eigenvalue weighted by Gasteiger charge is 2.28. The predicted molar refractivity (Wildman–Crippen MR) is 88.2 cm³/mol. The average Bonchev–Trinajstić information content (AvgIpc) is 2.52. The van der Waals surface area contributed by atoms with Gasteiger partial charge in [0.15, 0.2) is 11.6 Å². The van der Waals surface area contributed by atoms with Gasteiger partial charge in [0, 0.05) is 22.3 Å². The Labute approximate surface area is 130 Å². The van der Waals surface area contributed by atoms with Gasteiger partial charge >= 0.3 is 0 Å². The van der Waals surface area contributed by atoms with E-state index in [-0.39, 0.29) is 11.6 Å². The molecule has 0 saturated heterocycles. The molecule has 2 nitrogen and oxygen atoms in total. The molecule has 0 fully saturated rings. The summed E-state index contributed by atoms with van der Waals surface area (Å²) in [5, 5.41) is 0.